The predicted octanol–water partition coefficient (Wildman–Crippen LogP) is 7.25. The molecule has 2 heterocycles. The van der Waals surface area contributed by atoms with Gasteiger partial charge in [0.15, 0.2) is 0 Å². The maximum Gasteiger partial charge on any atom is 0.348 e. The van der Waals surface area contributed by atoms with E-state index in [2.05, 4.69) is 50.4 Å². The Morgan fingerprint density at radius 3 is 2.19 bits per heavy atom. The quantitative estimate of drug-likeness (QED) is 0.350. The minimum Gasteiger partial charge on any atom is -0.465 e. The molecular weight excluding hydrogens is 436 g/mol. The smallest absolute Gasteiger partial charge is 0.348 e. The molecule has 0 aromatic carbocycles. The van der Waals surface area contributed by atoms with Gasteiger partial charge < -0.3 is 4.74 Å². The van der Waals surface area contributed by atoms with E-state index in [4.69, 9.17) is 0 Å². The van der Waals surface area contributed by atoms with E-state index in [-0.39, 0.29) is 5.97 Å². The predicted molar refractivity (Wildman–Crippen MR) is 101 cm³/mol. The van der Waals surface area contributed by atoms with Crippen LogP contribution in [-0.2, 0) is 4.74 Å². The van der Waals surface area contributed by atoms with Crippen LogP contribution in [0.3, 0.4) is 0 Å². The van der Waals surface area contributed by atoms with Crippen LogP contribution in [0.15, 0.2) is 13.6 Å². The third-order valence-electron chi connectivity index (χ3n) is 2.90. The fourth-order valence-electron chi connectivity index (χ4n) is 1.74. The van der Waals surface area contributed by atoms with Crippen molar-refractivity contribution in [2.75, 3.05) is 7.11 Å². The van der Waals surface area contributed by atoms with Crippen LogP contribution in [-0.4, -0.2) is 13.1 Å². The van der Waals surface area contributed by atoms with Gasteiger partial charge in [0.2, 0.25) is 0 Å². The van der Waals surface area contributed by atoms with Crippen molar-refractivity contribution in [3.63, 3.8) is 0 Å². The normalized spacial score (nSPS) is 10.3. The van der Waals surface area contributed by atoms with Gasteiger partial charge in [0.25, 0.3) is 0 Å². The van der Waals surface area contributed by atoms with E-state index in [0.717, 1.165) is 17.7 Å². The van der Waals surface area contributed by atoms with Crippen LogP contribution in [0.4, 0.5) is 0 Å². The molecule has 0 aliphatic carbocycles. The first-order chi connectivity index (χ1) is 10.0. The lowest BCUT2D eigenvalue weighted by Gasteiger charge is -1.91. The van der Waals surface area contributed by atoms with Crippen molar-refractivity contribution < 1.29 is 9.53 Å². The van der Waals surface area contributed by atoms with Gasteiger partial charge in [-0.05, 0) is 37.9 Å². The Labute approximate surface area is 151 Å². The number of thiophene rings is 2. The molecule has 0 unspecified atom stereocenters. The zero-order chi connectivity index (χ0) is 15.8. The number of hydrogen-bond donors (Lipinski definition) is 0. The molecule has 6 heteroatoms. The number of hydrogen-bond acceptors (Lipinski definition) is 4. The summed E-state index contributed by atoms with van der Waals surface area (Å²) < 4.78 is 7.82. The summed E-state index contributed by atoms with van der Waals surface area (Å²) in [6, 6.07) is 1.84. The number of rotatable bonds is 5. The minimum atomic E-state index is -0.282. The van der Waals surface area contributed by atoms with E-state index in [1.165, 1.54) is 50.6 Å². The third kappa shape index (κ3) is 5.66. The second kappa shape index (κ2) is 9.98. The third-order valence-corrected chi connectivity index (χ3v) is 7.00. The van der Waals surface area contributed by atoms with E-state index in [9.17, 15) is 4.79 Å². The summed E-state index contributed by atoms with van der Waals surface area (Å²) in [7, 11) is 1.39. The number of unbranched alkanes of at least 4 members (excludes halogenated alkanes) is 4. The Morgan fingerprint density at radius 2 is 1.71 bits per heavy atom. The van der Waals surface area contributed by atoms with E-state index in [1.807, 2.05) is 6.07 Å². The highest BCUT2D eigenvalue weighted by Gasteiger charge is 2.16. The standard InChI is InChI=1S/C8H4Br2O2S2.C7H16/c1-12-8(11)4-2-3-5(13-4)7(10)14-6(3)9;1-3-5-7-6-4-2/h2H,1H3;3-7H2,1-2H3. The second-order valence-electron chi connectivity index (χ2n) is 4.56. The number of methoxy groups -OCH3 is 1. The van der Waals surface area contributed by atoms with Crippen molar-refractivity contribution in [2.45, 2.75) is 46.0 Å². The molecule has 0 aliphatic heterocycles. The Morgan fingerprint density at radius 1 is 1.10 bits per heavy atom. The molecule has 0 saturated heterocycles. The molecule has 2 aromatic heterocycles. The molecule has 21 heavy (non-hydrogen) atoms. The number of fused-ring (bicyclic) bond motifs is 1. The molecule has 2 nitrogen and oxygen atoms in total. The van der Waals surface area contributed by atoms with Gasteiger partial charge in [-0.25, -0.2) is 4.79 Å². The highest BCUT2D eigenvalue weighted by atomic mass is 79.9. The van der Waals surface area contributed by atoms with Crippen LogP contribution in [0.2, 0.25) is 0 Å². The summed E-state index contributed by atoms with van der Waals surface area (Å²) in [5.41, 5.74) is 0. The van der Waals surface area contributed by atoms with Crippen LogP contribution in [0.25, 0.3) is 10.1 Å². The van der Waals surface area contributed by atoms with Crippen molar-refractivity contribution in [1.29, 1.82) is 0 Å². The van der Waals surface area contributed by atoms with E-state index < -0.39 is 0 Å². The molecular formula is C15H20Br2O2S2. The summed E-state index contributed by atoms with van der Waals surface area (Å²) in [6.07, 6.45) is 7.01. The molecule has 2 rings (SSSR count). The zero-order valence-electron chi connectivity index (χ0n) is 12.5. The van der Waals surface area contributed by atoms with Crippen LogP contribution in [0, 0.1) is 0 Å². The summed E-state index contributed by atoms with van der Waals surface area (Å²) in [5.74, 6) is -0.282. The highest BCUT2D eigenvalue weighted by molar-refractivity contribution is 9.12. The highest BCUT2D eigenvalue weighted by Crippen LogP contribution is 2.43. The average Bonchev–Trinajstić information content (AvgIpc) is 3.02. The lowest BCUT2D eigenvalue weighted by Crippen LogP contribution is -1.96. The maximum atomic E-state index is 11.3. The Hall–Kier alpha value is 0.0900. The van der Waals surface area contributed by atoms with Crippen molar-refractivity contribution in [3.8, 4) is 0 Å². The molecule has 0 fully saturated rings. The lowest BCUT2D eigenvalue weighted by molar-refractivity contribution is 0.0606. The average molecular weight is 456 g/mol. The van der Waals surface area contributed by atoms with Crippen molar-refractivity contribution in [1.82, 2.24) is 0 Å². The van der Waals surface area contributed by atoms with Crippen molar-refractivity contribution in [3.05, 3.63) is 18.5 Å². The fourth-order valence-corrected chi connectivity index (χ4v) is 6.12. The first kappa shape index (κ1) is 19.1. The van der Waals surface area contributed by atoms with Crippen LogP contribution in [0.1, 0.15) is 55.6 Å². The van der Waals surface area contributed by atoms with Gasteiger partial charge in [-0.1, -0.05) is 46.0 Å². The first-order valence-electron chi connectivity index (χ1n) is 7.00. The number of ether oxygens (including phenoxy) is 1. The van der Waals surface area contributed by atoms with E-state index >= 15 is 0 Å². The van der Waals surface area contributed by atoms with Crippen molar-refractivity contribution >= 4 is 70.6 Å². The summed E-state index contributed by atoms with van der Waals surface area (Å²) in [4.78, 5) is 11.9. The molecule has 0 saturated carbocycles. The molecule has 0 N–H and O–H groups in total. The number of esters is 1. The molecule has 0 radical (unpaired) electrons. The van der Waals surface area contributed by atoms with E-state index in [0.29, 0.717) is 4.88 Å². The molecule has 0 amide bonds. The van der Waals surface area contributed by atoms with Gasteiger partial charge in [0, 0.05) is 5.39 Å². The van der Waals surface area contributed by atoms with Crippen LogP contribution in [0.5, 0.6) is 0 Å². The molecule has 0 bridgehead atoms. The van der Waals surface area contributed by atoms with E-state index in [1.54, 1.807) is 11.3 Å². The van der Waals surface area contributed by atoms with Gasteiger partial charge in [0.05, 0.1) is 19.4 Å². The fraction of sp³-hybridized carbons (Fsp3) is 0.533. The monoisotopic (exact) mass is 454 g/mol. The summed E-state index contributed by atoms with van der Waals surface area (Å²) in [6.45, 7) is 4.49. The Kier molecular flexibility index (Phi) is 9.09. The summed E-state index contributed by atoms with van der Waals surface area (Å²) >= 11 is 9.94. The number of carbonyl (C=O) groups excluding carboxylic acids is 1. The summed E-state index contributed by atoms with van der Waals surface area (Å²) in [5, 5.41) is 1.06. The topological polar surface area (TPSA) is 26.3 Å². The zero-order valence-corrected chi connectivity index (χ0v) is 17.3. The van der Waals surface area contributed by atoms with Gasteiger partial charge >= 0.3 is 5.97 Å². The van der Waals surface area contributed by atoms with Crippen LogP contribution >= 0.6 is 54.5 Å². The van der Waals surface area contributed by atoms with Crippen LogP contribution < -0.4 is 0 Å². The molecule has 2 aromatic rings. The molecule has 0 spiro atoms. The van der Waals surface area contributed by atoms with Gasteiger partial charge in [-0.3, -0.25) is 0 Å². The van der Waals surface area contributed by atoms with Gasteiger partial charge in [0.1, 0.15) is 4.88 Å². The maximum absolute atomic E-state index is 11.3. The van der Waals surface area contributed by atoms with Crippen molar-refractivity contribution in [2.24, 2.45) is 0 Å². The SMILES string of the molecule is CCCCCCC.COC(=O)c1cc2c(Br)sc(Br)c2s1. The van der Waals surface area contributed by atoms with Gasteiger partial charge in [-0.2, -0.15) is 0 Å². The second-order valence-corrected chi connectivity index (χ2v) is 9.26. The Balaban J connectivity index is 0.000000270. The number of carbonyl (C=O) groups is 1. The number of halogens is 2. The first-order valence-corrected chi connectivity index (χ1v) is 10.2. The molecule has 0 atom stereocenters. The Bertz CT molecular complexity index is 537. The molecule has 118 valence electrons. The van der Waals surface area contributed by atoms with Gasteiger partial charge in [-0.15, -0.1) is 22.7 Å². The molecule has 0 aliphatic rings. The lowest BCUT2D eigenvalue weighted by atomic mass is 10.2. The minimum absolute atomic E-state index is 0.282. The largest absolute Gasteiger partial charge is 0.465 e.